The highest BCUT2D eigenvalue weighted by molar-refractivity contribution is 8.01. The number of nitrogens with one attached hydrogen (secondary N) is 1. The molecule has 2 rings (SSSR count). The number of carbonyl (C=O) groups is 3. The second-order valence-corrected chi connectivity index (χ2v) is 7.76. The normalized spacial score (nSPS) is 18.4. The Morgan fingerprint density at radius 1 is 1.46 bits per heavy atom. The van der Waals surface area contributed by atoms with Gasteiger partial charge in [-0.05, 0) is 39.5 Å². The molecule has 26 heavy (non-hydrogen) atoms. The number of piperidine rings is 1. The van der Waals surface area contributed by atoms with Gasteiger partial charge in [-0.25, -0.2) is 0 Å². The summed E-state index contributed by atoms with van der Waals surface area (Å²) in [4.78, 5) is 37.3. The van der Waals surface area contributed by atoms with E-state index in [1.54, 1.807) is 24.8 Å². The Bertz CT molecular complexity index is 648. The third-order valence-corrected chi connectivity index (χ3v) is 5.47. The standard InChI is InChI=1S/C17H25N3O5S/c1-11-9-14(19-25-11)18-17(24)12(2)26-10-15(21)20-8-4-3-5-13(20)6-7-16(22)23/h9,12-13H,3-8,10H2,1-2H3,(H,22,23)(H,18,19,24). The van der Waals surface area contributed by atoms with Gasteiger partial charge in [-0.2, -0.15) is 0 Å². The van der Waals surface area contributed by atoms with E-state index in [4.69, 9.17) is 9.63 Å². The lowest BCUT2D eigenvalue weighted by Gasteiger charge is -2.35. The first-order valence-corrected chi connectivity index (χ1v) is 9.78. The summed E-state index contributed by atoms with van der Waals surface area (Å²) >= 11 is 1.26. The lowest BCUT2D eigenvalue weighted by molar-refractivity contribution is -0.139. The van der Waals surface area contributed by atoms with Gasteiger partial charge in [-0.3, -0.25) is 14.4 Å². The predicted octanol–water partition coefficient (Wildman–Crippen LogP) is 2.29. The summed E-state index contributed by atoms with van der Waals surface area (Å²) in [5.74, 6) is 0.0324. The second-order valence-electron chi connectivity index (χ2n) is 6.43. The number of likely N-dealkylation sites (tertiary alicyclic amines) is 1. The average molecular weight is 383 g/mol. The minimum Gasteiger partial charge on any atom is -0.481 e. The van der Waals surface area contributed by atoms with Crippen LogP contribution in [-0.2, 0) is 14.4 Å². The number of carboxylic acid groups (broad SMARTS) is 1. The van der Waals surface area contributed by atoms with Crippen LogP contribution >= 0.6 is 11.8 Å². The maximum absolute atomic E-state index is 12.5. The van der Waals surface area contributed by atoms with Crippen molar-refractivity contribution in [2.45, 2.75) is 57.2 Å². The van der Waals surface area contributed by atoms with Gasteiger partial charge in [0.25, 0.3) is 0 Å². The number of aliphatic carboxylic acids is 1. The van der Waals surface area contributed by atoms with Crippen LogP contribution in [-0.4, -0.2) is 56.5 Å². The zero-order valence-corrected chi connectivity index (χ0v) is 15.9. The fourth-order valence-corrected chi connectivity index (χ4v) is 3.70. The molecule has 2 amide bonds. The molecule has 0 aromatic carbocycles. The number of nitrogens with zero attached hydrogens (tertiary/aromatic N) is 2. The van der Waals surface area contributed by atoms with Gasteiger partial charge in [0.05, 0.1) is 11.0 Å². The van der Waals surface area contributed by atoms with E-state index in [-0.39, 0.29) is 30.0 Å². The van der Waals surface area contributed by atoms with Crippen LogP contribution in [0.15, 0.2) is 10.6 Å². The fourth-order valence-electron chi connectivity index (χ4n) is 2.93. The van der Waals surface area contributed by atoms with Crippen molar-refractivity contribution < 1.29 is 24.0 Å². The van der Waals surface area contributed by atoms with Crippen LogP contribution in [0.4, 0.5) is 5.82 Å². The number of amides is 2. The van der Waals surface area contributed by atoms with Gasteiger partial charge in [0.1, 0.15) is 5.76 Å². The van der Waals surface area contributed by atoms with Crippen LogP contribution in [0.25, 0.3) is 0 Å². The Kier molecular flexibility index (Phi) is 7.50. The first kappa shape index (κ1) is 20.3. The van der Waals surface area contributed by atoms with Gasteiger partial charge in [0.2, 0.25) is 11.8 Å². The molecule has 2 atom stereocenters. The van der Waals surface area contributed by atoms with Crippen molar-refractivity contribution in [3.05, 3.63) is 11.8 Å². The molecule has 1 aliphatic heterocycles. The average Bonchev–Trinajstić information content (AvgIpc) is 3.02. The van der Waals surface area contributed by atoms with Gasteiger partial charge in [0, 0.05) is 25.1 Å². The number of thioether (sulfide) groups is 1. The Morgan fingerprint density at radius 3 is 2.88 bits per heavy atom. The second kappa shape index (κ2) is 9.61. The predicted molar refractivity (Wildman–Crippen MR) is 98.0 cm³/mol. The third kappa shape index (κ3) is 6.05. The maximum Gasteiger partial charge on any atom is 0.303 e. The number of hydrogen-bond acceptors (Lipinski definition) is 6. The third-order valence-electron chi connectivity index (χ3n) is 4.34. The molecule has 0 saturated carbocycles. The highest BCUT2D eigenvalue weighted by atomic mass is 32.2. The molecule has 2 heterocycles. The van der Waals surface area contributed by atoms with Gasteiger partial charge >= 0.3 is 5.97 Å². The van der Waals surface area contributed by atoms with E-state index >= 15 is 0 Å². The maximum atomic E-state index is 12.5. The highest BCUT2D eigenvalue weighted by Crippen LogP contribution is 2.23. The molecule has 1 aromatic rings. The van der Waals surface area contributed by atoms with Crippen molar-refractivity contribution in [2.75, 3.05) is 17.6 Å². The van der Waals surface area contributed by atoms with Gasteiger partial charge in [-0.1, -0.05) is 5.16 Å². The first-order chi connectivity index (χ1) is 12.4. The molecule has 2 N–H and O–H groups in total. The molecule has 0 radical (unpaired) electrons. The smallest absolute Gasteiger partial charge is 0.303 e. The number of hydrogen-bond donors (Lipinski definition) is 2. The zero-order chi connectivity index (χ0) is 19.1. The molecule has 1 saturated heterocycles. The van der Waals surface area contributed by atoms with Crippen molar-refractivity contribution >= 4 is 35.4 Å². The van der Waals surface area contributed by atoms with E-state index < -0.39 is 11.2 Å². The van der Waals surface area contributed by atoms with Crippen molar-refractivity contribution in [1.82, 2.24) is 10.1 Å². The van der Waals surface area contributed by atoms with E-state index in [1.165, 1.54) is 11.8 Å². The van der Waals surface area contributed by atoms with Gasteiger partial charge < -0.3 is 19.8 Å². The summed E-state index contributed by atoms with van der Waals surface area (Å²) in [6.45, 7) is 4.12. The molecule has 0 aliphatic carbocycles. The number of aromatic nitrogens is 1. The van der Waals surface area contributed by atoms with E-state index in [0.29, 0.717) is 24.5 Å². The summed E-state index contributed by atoms with van der Waals surface area (Å²) < 4.78 is 4.90. The SMILES string of the molecule is Cc1cc(NC(=O)C(C)SCC(=O)N2CCCCC2CCC(=O)O)no1. The Hall–Kier alpha value is -2.03. The Balaban J connectivity index is 1.81. The summed E-state index contributed by atoms with van der Waals surface area (Å²) in [6, 6.07) is 1.61. The molecular weight excluding hydrogens is 358 g/mol. The van der Waals surface area contributed by atoms with Crippen molar-refractivity contribution in [2.24, 2.45) is 0 Å². The quantitative estimate of drug-likeness (QED) is 0.708. The number of carboxylic acids is 1. The molecule has 0 spiro atoms. The molecule has 2 unspecified atom stereocenters. The van der Waals surface area contributed by atoms with Crippen LogP contribution in [0.2, 0.25) is 0 Å². The van der Waals surface area contributed by atoms with E-state index in [0.717, 1.165) is 19.3 Å². The highest BCUT2D eigenvalue weighted by Gasteiger charge is 2.27. The first-order valence-electron chi connectivity index (χ1n) is 8.74. The molecule has 144 valence electrons. The number of rotatable bonds is 8. The minimum atomic E-state index is -0.842. The largest absolute Gasteiger partial charge is 0.481 e. The van der Waals surface area contributed by atoms with Crippen LogP contribution < -0.4 is 5.32 Å². The lowest BCUT2D eigenvalue weighted by Crippen LogP contribution is -2.45. The Labute approximate surface area is 156 Å². The van der Waals surface area contributed by atoms with E-state index in [1.807, 2.05) is 0 Å². The van der Waals surface area contributed by atoms with E-state index in [9.17, 15) is 14.4 Å². The molecular formula is C17H25N3O5S. The number of carbonyl (C=O) groups excluding carboxylic acids is 2. The molecule has 8 nitrogen and oxygen atoms in total. The number of aryl methyl sites for hydroxylation is 1. The summed E-state index contributed by atoms with van der Waals surface area (Å²) in [7, 11) is 0. The molecule has 1 aromatic heterocycles. The van der Waals surface area contributed by atoms with Gasteiger partial charge in [0.15, 0.2) is 5.82 Å². The van der Waals surface area contributed by atoms with E-state index in [2.05, 4.69) is 10.5 Å². The van der Waals surface area contributed by atoms with Crippen molar-refractivity contribution in [3.63, 3.8) is 0 Å². The number of anilines is 1. The van der Waals surface area contributed by atoms with Crippen molar-refractivity contribution in [1.29, 1.82) is 0 Å². The van der Waals surface area contributed by atoms with Crippen molar-refractivity contribution in [3.8, 4) is 0 Å². The Morgan fingerprint density at radius 2 is 2.23 bits per heavy atom. The summed E-state index contributed by atoms with van der Waals surface area (Å²) in [5, 5.41) is 14.8. The van der Waals surface area contributed by atoms with Crippen LogP contribution in [0, 0.1) is 6.92 Å². The van der Waals surface area contributed by atoms with Crippen LogP contribution in [0.5, 0.6) is 0 Å². The summed E-state index contributed by atoms with van der Waals surface area (Å²) in [6.07, 6.45) is 3.33. The topological polar surface area (TPSA) is 113 Å². The van der Waals surface area contributed by atoms with Gasteiger partial charge in [-0.15, -0.1) is 11.8 Å². The lowest BCUT2D eigenvalue weighted by atomic mass is 9.98. The minimum absolute atomic E-state index is 0.0183. The van der Waals surface area contributed by atoms with Crippen LogP contribution in [0.3, 0.4) is 0 Å². The zero-order valence-electron chi connectivity index (χ0n) is 15.1. The summed E-state index contributed by atoms with van der Waals surface area (Å²) in [5.41, 5.74) is 0. The molecule has 1 aliphatic rings. The monoisotopic (exact) mass is 383 g/mol. The molecule has 9 heteroatoms. The molecule has 1 fully saturated rings. The van der Waals surface area contributed by atoms with Crippen LogP contribution in [0.1, 0.15) is 44.8 Å². The fraction of sp³-hybridized carbons (Fsp3) is 0.647. The molecule has 0 bridgehead atoms.